The number of anilines is 1. The number of rotatable bonds is 5. The Hall–Kier alpha value is -3.41. The Morgan fingerprint density at radius 1 is 1.00 bits per heavy atom. The van der Waals surface area contributed by atoms with E-state index >= 15 is 0 Å². The first-order valence-electron chi connectivity index (χ1n) is 8.44. The van der Waals surface area contributed by atoms with E-state index in [0.29, 0.717) is 5.69 Å². The van der Waals surface area contributed by atoms with Crippen LogP contribution in [0.3, 0.4) is 0 Å². The summed E-state index contributed by atoms with van der Waals surface area (Å²) in [6.07, 6.45) is 0. The van der Waals surface area contributed by atoms with E-state index in [9.17, 15) is 14.0 Å². The van der Waals surface area contributed by atoms with Gasteiger partial charge in [-0.15, -0.1) is 0 Å². The van der Waals surface area contributed by atoms with E-state index in [1.807, 2.05) is 26.0 Å². The first-order valence-corrected chi connectivity index (χ1v) is 8.44. The van der Waals surface area contributed by atoms with Gasteiger partial charge < -0.3 is 15.1 Å². The number of aryl methyl sites for hydroxylation is 1. The van der Waals surface area contributed by atoms with Gasteiger partial charge in [0.05, 0.1) is 12.1 Å². The highest BCUT2D eigenvalue weighted by atomic mass is 19.1. The second-order valence-corrected chi connectivity index (χ2v) is 6.12. The molecule has 0 bridgehead atoms. The van der Waals surface area contributed by atoms with Gasteiger partial charge in [-0.25, -0.2) is 4.39 Å². The van der Waals surface area contributed by atoms with Crippen LogP contribution in [0.2, 0.25) is 0 Å². The van der Waals surface area contributed by atoms with Crippen molar-refractivity contribution in [1.29, 1.82) is 0 Å². The van der Waals surface area contributed by atoms with Crippen molar-refractivity contribution in [3.63, 3.8) is 0 Å². The van der Waals surface area contributed by atoms with E-state index in [4.69, 9.17) is 4.42 Å². The highest BCUT2D eigenvalue weighted by Crippen LogP contribution is 2.24. The van der Waals surface area contributed by atoms with Crippen LogP contribution in [0.4, 0.5) is 10.1 Å². The average Bonchev–Trinajstić information content (AvgIpc) is 3.14. The fraction of sp³-hybridized carbons (Fsp3) is 0.143. The predicted molar refractivity (Wildman–Crippen MR) is 101 cm³/mol. The smallest absolute Gasteiger partial charge is 0.287 e. The van der Waals surface area contributed by atoms with Crippen LogP contribution in [-0.2, 0) is 4.79 Å². The van der Waals surface area contributed by atoms with Gasteiger partial charge >= 0.3 is 0 Å². The van der Waals surface area contributed by atoms with Crippen LogP contribution in [0, 0.1) is 19.7 Å². The minimum Gasteiger partial charge on any atom is -0.451 e. The average molecular weight is 366 g/mol. The summed E-state index contributed by atoms with van der Waals surface area (Å²) in [5.74, 6) is -1.08. The van der Waals surface area contributed by atoms with Gasteiger partial charge in [0.15, 0.2) is 5.76 Å². The quantitative estimate of drug-likeness (QED) is 0.715. The topological polar surface area (TPSA) is 71.3 Å². The van der Waals surface area contributed by atoms with Crippen LogP contribution >= 0.6 is 0 Å². The van der Waals surface area contributed by atoms with Gasteiger partial charge in [0.1, 0.15) is 11.6 Å². The molecule has 3 aromatic rings. The molecule has 0 aliphatic carbocycles. The second kappa shape index (κ2) is 7.86. The van der Waals surface area contributed by atoms with Gasteiger partial charge in [0.2, 0.25) is 5.91 Å². The maximum Gasteiger partial charge on any atom is 0.287 e. The van der Waals surface area contributed by atoms with Gasteiger partial charge in [0, 0.05) is 5.69 Å². The molecular weight excluding hydrogens is 347 g/mol. The summed E-state index contributed by atoms with van der Waals surface area (Å²) in [6.45, 7) is 3.66. The van der Waals surface area contributed by atoms with E-state index in [1.54, 1.807) is 24.3 Å². The van der Waals surface area contributed by atoms with Crippen LogP contribution in [0.5, 0.6) is 0 Å². The number of carbonyl (C=O) groups is 2. The minimum atomic E-state index is -0.547. The third-order valence-electron chi connectivity index (χ3n) is 4.26. The molecule has 1 heterocycles. The Morgan fingerprint density at radius 2 is 1.78 bits per heavy atom. The van der Waals surface area contributed by atoms with Crippen molar-refractivity contribution < 1.29 is 18.4 Å². The highest BCUT2D eigenvalue weighted by molar-refractivity contribution is 5.98. The Labute approximate surface area is 156 Å². The largest absolute Gasteiger partial charge is 0.451 e. The molecule has 2 aromatic carbocycles. The van der Waals surface area contributed by atoms with E-state index in [1.165, 1.54) is 18.2 Å². The number of benzene rings is 2. The predicted octanol–water partition coefficient (Wildman–Crippen LogP) is 4.07. The first-order chi connectivity index (χ1) is 13.0. The number of amides is 2. The van der Waals surface area contributed by atoms with Crippen molar-refractivity contribution in [1.82, 2.24) is 5.32 Å². The van der Waals surface area contributed by atoms with Gasteiger partial charge in [-0.2, -0.15) is 0 Å². The Bertz CT molecular complexity index is 995. The lowest BCUT2D eigenvalue weighted by atomic mass is 10.1. The molecule has 6 heteroatoms. The van der Waals surface area contributed by atoms with Crippen molar-refractivity contribution in [2.75, 3.05) is 11.9 Å². The van der Waals surface area contributed by atoms with Crippen LogP contribution in [0.25, 0.3) is 11.3 Å². The number of halogens is 1. The Morgan fingerprint density at radius 3 is 2.56 bits per heavy atom. The monoisotopic (exact) mass is 366 g/mol. The van der Waals surface area contributed by atoms with Crippen molar-refractivity contribution in [2.45, 2.75) is 13.8 Å². The van der Waals surface area contributed by atoms with E-state index < -0.39 is 11.7 Å². The lowest BCUT2D eigenvalue weighted by molar-refractivity contribution is -0.115. The highest BCUT2D eigenvalue weighted by Gasteiger charge is 2.15. The summed E-state index contributed by atoms with van der Waals surface area (Å²) in [7, 11) is 0. The van der Waals surface area contributed by atoms with Gasteiger partial charge in [-0.1, -0.05) is 24.3 Å². The molecule has 0 fully saturated rings. The molecule has 0 saturated heterocycles. The summed E-state index contributed by atoms with van der Waals surface area (Å²) in [5.41, 5.74) is 3.00. The summed E-state index contributed by atoms with van der Waals surface area (Å²) in [5, 5.41) is 5.26. The summed E-state index contributed by atoms with van der Waals surface area (Å²) in [6, 6.07) is 14.7. The molecule has 2 amide bonds. The Kier molecular flexibility index (Phi) is 5.35. The molecular formula is C21H19FN2O3. The molecule has 3 rings (SSSR count). The van der Waals surface area contributed by atoms with E-state index in [2.05, 4.69) is 10.6 Å². The van der Waals surface area contributed by atoms with Crippen molar-refractivity contribution in [3.05, 3.63) is 77.3 Å². The fourth-order valence-electron chi connectivity index (χ4n) is 2.59. The summed E-state index contributed by atoms with van der Waals surface area (Å²) < 4.78 is 19.2. The minimum absolute atomic E-state index is 0.00721. The molecule has 1 aromatic heterocycles. The number of furan rings is 1. The molecule has 5 nitrogen and oxygen atoms in total. The first kappa shape index (κ1) is 18.4. The molecule has 0 radical (unpaired) electrons. The van der Waals surface area contributed by atoms with Crippen molar-refractivity contribution in [2.24, 2.45) is 0 Å². The Balaban J connectivity index is 1.60. The lowest BCUT2D eigenvalue weighted by Crippen LogP contribution is -2.32. The molecule has 0 saturated carbocycles. The van der Waals surface area contributed by atoms with Crippen LogP contribution in [0.1, 0.15) is 21.7 Å². The molecule has 0 aliphatic rings. The van der Waals surface area contributed by atoms with Crippen molar-refractivity contribution >= 4 is 17.5 Å². The standard InChI is InChI=1S/C21H19FN2O3/c1-13-6-5-9-17(14(13)2)24-20(25)12-23-21(26)19-11-10-18(27-19)15-7-3-4-8-16(15)22/h3-11H,12H2,1-2H3,(H,23,26)(H,24,25). The molecule has 0 spiro atoms. The van der Waals surface area contributed by atoms with Gasteiger partial charge in [-0.05, 0) is 55.3 Å². The number of hydrogen-bond acceptors (Lipinski definition) is 3. The lowest BCUT2D eigenvalue weighted by Gasteiger charge is -2.10. The third-order valence-corrected chi connectivity index (χ3v) is 4.26. The van der Waals surface area contributed by atoms with Gasteiger partial charge in [-0.3, -0.25) is 9.59 Å². The molecule has 0 atom stereocenters. The van der Waals surface area contributed by atoms with Crippen LogP contribution < -0.4 is 10.6 Å². The zero-order chi connectivity index (χ0) is 19.4. The van der Waals surface area contributed by atoms with E-state index in [0.717, 1.165) is 11.1 Å². The fourth-order valence-corrected chi connectivity index (χ4v) is 2.59. The van der Waals surface area contributed by atoms with Crippen LogP contribution in [-0.4, -0.2) is 18.4 Å². The van der Waals surface area contributed by atoms with Crippen molar-refractivity contribution in [3.8, 4) is 11.3 Å². The molecule has 0 unspecified atom stereocenters. The zero-order valence-corrected chi connectivity index (χ0v) is 15.0. The maximum atomic E-state index is 13.8. The zero-order valence-electron chi connectivity index (χ0n) is 15.0. The summed E-state index contributed by atoms with van der Waals surface area (Å²) >= 11 is 0. The van der Waals surface area contributed by atoms with E-state index in [-0.39, 0.29) is 29.5 Å². The van der Waals surface area contributed by atoms with Gasteiger partial charge in [0.25, 0.3) is 5.91 Å². The summed E-state index contributed by atoms with van der Waals surface area (Å²) in [4.78, 5) is 24.3. The molecule has 2 N–H and O–H groups in total. The number of hydrogen-bond donors (Lipinski definition) is 2. The second-order valence-electron chi connectivity index (χ2n) is 6.12. The molecule has 27 heavy (non-hydrogen) atoms. The van der Waals surface area contributed by atoms with Crippen LogP contribution in [0.15, 0.2) is 59.0 Å². The molecule has 0 aliphatic heterocycles. The SMILES string of the molecule is Cc1cccc(NC(=O)CNC(=O)c2ccc(-c3ccccc3F)o2)c1C. The molecule has 138 valence electrons. The third kappa shape index (κ3) is 4.23. The maximum absolute atomic E-state index is 13.8. The number of nitrogens with one attached hydrogen (secondary N) is 2. The number of carbonyl (C=O) groups excluding carboxylic acids is 2. The normalized spacial score (nSPS) is 10.5.